The summed E-state index contributed by atoms with van der Waals surface area (Å²) in [7, 11) is 0. The number of likely N-dealkylation sites (N-methyl/N-ethyl adjacent to an activating group) is 1. The summed E-state index contributed by atoms with van der Waals surface area (Å²) in [6.07, 6.45) is 0. The molecule has 4 heteroatoms. The van der Waals surface area contributed by atoms with Crippen LogP contribution in [0.5, 0.6) is 0 Å². The van der Waals surface area contributed by atoms with Crippen LogP contribution >= 0.6 is 0 Å². The summed E-state index contributed by atoms with van der Waals surface area (Å²) in [5.74, 6) is 0.193. The van der Waals surface area contributed by atoms with Crippen molar-refractivity contribution >= 4 is 11.6 Å². The van der Waals surface area contributed by atoms with E-state index in [0.29, 0.717) is 6.54 Å². The second-order valence-electron chi connectivity index (χ2n) is 5.38. The summed E-state index contributed by atoms with van der Waals surface area (Å²) in [6, 6.07) is 8.11. The van der Waals surface area contributed by atoms with Crippen LogP contribution in [0.1, 0.15) is 19.4 Å². The van der Waals surface area contributed by atoms with E-state index in [-0.39, 0.29) is 11.9 Å². The van der Waals surface area contributed by atoms with E-state index >= 15 is 0 Å². The number of nitrogens with one attached hydrogen (secondary N) is 1. The maximum absolute atomic E-state index is 12.7. The van der Waals surface area contributed by atoms with Crippen LogP contribution < -0.4 is 10.2 Å². The van der Waals surface area contributed by atoms with Gasteiger partial charge in [-0.2, -0.15) is 0 Å². The fourth-order valence-electron chi connectivity index (χ4n) is 2.64. The van der Waals surface area contributed by atoms with Crippen LogP contribution in [0.25, 0.3) is 0 Å². The number of anilines is 1. The van der Waals surface area contributed by atoms with Gasteiger partial charge in [0.05, 0.1) is 6.04 Å². The molecule has 0 saturated carbocycles. The Balaban J connectivity index is 2.09. The molecule has 1 aliphatic rings. The quantitative estimate of drug-likeness (QED) is 0.907. The average Bonchev–Trinajstić information content (AvgIpc) is 2.50. The third-order valence-electron chi connectivity index (χ3n) is 3.98. The second kappa shape index (κ2) is 6.86. The fraction of sp³-hybridized carbons (Fsp3) is 0.562. The Hall–Kier alpha value is -1.39. The van der Waals surface area contributed by atoms with Crippen molar-refractivity contribution in [2.24, 2.45) is 0 Å². The molecular formula is C16H25N3O. The lowest BCUT2D eigenvalue weighted by atomic mass is 10.1. The molecule has 1 unspecified atom stereocenters. The van der Waals surface area contributed by atoms with Crippen LogP contribution in [0.2, 0.25) is 0 Å². The number of nitrogens with zero attached hydrogens (tertiary/aromatic N) is 2. The topological polar surface area (TPSA) is 35.6 Å². The van der Waals surface area contributed by atoms with Crippen LogP contribution in [0.3, 0.4) is 0 Å². The van der Waals surface area contributed by atoms with Gasteiger partial charge in [0, 0.05) is 38.4 Å². The van der Waals surface area contributed by atoms with E-state index in [2.05, 4.69) is 29.3 Å². The summed E-state index contributed by atoms with van der Waals surface area (Å²) >= 11 is 0. The molecule has 1 amide bonds. The summed E-state index contributed by atoms with van der Waals surface area (Å²) < 4.78 is 0. The van der Waals surface area contributed by atoms with Gasteiger partial charge in [-0.05, 0) is 32.9 Å². The highest BCUT2D eigenvalue weighted by Gasteiger charge is 2.26. The van der Waals surface area contributed by atoms with Crippen LogP contribution in [0.15, 0.2) is 24.3 Å². The number of hydrogen-bond acceptors (Lipinski definition) is 3. The van der Waals surface area contributed by atoms with Crippen molar-refractivity contribution in [1.82, 2.24) is 10.2 Å². The largest absolute Gasteiger partial charge is 0.314 e. The molecule has 20 heavy (non-hydrogen) atoms. The van der Waals surface area contributed by atoms with Gasteiger partial charge in [-0.3, -0.25) is 9.69 Å². The van der Waals surface area contributed by atoms with Gasteiger partial charge in [0.2, 0.25) is 5.91 Å². The minimum Gasteiger partial charge on any atom is -0.314 e. The standard InChI is InChI=1S/C16H25N3O/c1-4-19(15-7-5-13(2)6-8-15)16(20)14(3)18-11-9-17-10-12-18/h5-8,14,17H,4,9-12H2,1-3H3. The number of carbonyl (C=O) groups excluding carboxylic acids is 1. The monoisotopic (exact) mass is 275 g/mol. The van der Waals surface area contributed by atoms with Gasteiger partial charge in [0.15, 0.2) is 0 Å². The molecule has 0 bridgehead atoms. The highest BCUT2D eigenvalue weighted by Crippen LogP contribution is 2.17. The smallest absolute Gasteiger partial charge is 0.244 e. The first-order valence-corrected chi connectivity index (χ1v) is 7.46. The zero-order valence-corrected chi connectivity index (χ0v) is 12.7. The zero-order chi connectivity index (χ0) is 14.5. The maximum Gasteiger partial charge on any atom is 0.244 e. The Labute approximate surface area is 121 Å². The number of carbonyl (C=O) groups is 1. The summed E-state index contributed by atoms with van der Waals surface area (Å²) in [6.45, 7) is 10.6. The molecule has 4 nitrogen and oxygen atoms in total. The molecule has 1 N–H and O–H groups in total. The Bertz CT molecular complexity index is 438. The van der Waals surface area contributed by atoms with Crippen LogP contribution in [-0.2, 0) is 4.79 Å². The second-order valence-corrected chi connectivity index (χ2v) is 5.38. The van der Waals surface area contributed by atoms with E-state index in [1.807, 2.05) is 30.9 Å². The lowest BCUT2D eigenvalue weighted by molar-refractivity contribution is -0.123. The summed E-state index contributed by atoms with van der Waals surface area (Å²) in [5.41, 5.74) is 2.21. The molecule has 1 fully saturated rings. The molecule has 1 atom stereocenters. The van der Waals surface area contributed by atoms with E-state index in [1.54, 1.807) is 0 Å². The molecule has 110 valence electrons. The Kier molecular flexibility index (Phi) is 5.15. The van der Waals surface area contributed by atoms with Crippen molar-refractivity contribution in [3.05, 3.63) is 29.8 Å². The Morgan fingerprint density at radius 2 is 1.90 bits per heavy atom. The number of hydrogen-bond donors (Lipinski definition) is 1. The fourth-order valence-corrected chi connectivity index (χ4v) is 2.64. The predicted octanol–water partition coefficient (Wildman–Crippen LogP) is 1.64. The van der Waals surface area contributed by atoms with Gasteiger partial charge >= 0.3 is 0 Å². The van der Waals surface area contributed by atoms with Crippen molar-refractivity contribution in [2.75, 3.05) is 37.6 Å². The van der Waals surface area contributed by atoms with Gasteiger partial charge in [0.25, 0.3) is 0 Å². The number of aryl methyl sites for hydroxylation is 1. The minimum atomic E-state index is -0.0571. The van der Waals surface area contributed by atoms with Crippen LogP contribution in [0.4, 0.5) is 5.69 Å². The first kappa shape index (κ1) is 15.0. The molecular weight excluding hydrogens is 250 g/mol. The maximum atomic E-state index is 12.7. The van der Waals surface area contributed by atoms with Gasteiger partial charge < -0.3 is 10.2 Å². The van der Waals surface area contributed by atoms with Gasteiger partial charge in [-0.15, -0.1) is 0 Å². The summed E-state index contributed by atoms with van der Waals surface area (Å²) in [4.78, 5) is 16.9. The number of piperazine rings is 1. The highest BCUT2D eigenvalue weighted by atomic mass is 16.2. The van der Waals surface area contributed by atoms with Crippen molar-refractivity contribution in [1.29, 1.82) is 0 Å². The zero-order valence-electron chi connectivity index (χ0n) is 12.7. The minimum absolute atomic E-state index is 0.0571. The molecule has 1 heterocycles. The lowest BCUT2D eigenvalue weighted by Gasteiger charge is -2.34. The van der Waals surface area contributed by atoms with Crippen LogP contribution in [0, 0.1) is 6.92 Å². The molecule has 1 saturated heterocycles. The van der Waals surface area contributed by atoms with Crippen molar-refractivity contribution in [3.8, 4) is 0 Å². The SMILES string of the molecule is CCN(C(=O)C(C)N1CCNCC1)c1ccc(C)cc1. The first-order valence-electron chi connectivity index (χ1n) is 7.46. The van der Waals surface area contributed by atoms with E-state index in [0.717, 1.165) is 31.9 Å². The van der Waals surface area contributed by atoms with Gasteiger partial charge in [-0.25, -0.2) is 0 Å². The van der Waals surface area contributed by atoms with Gasteiger partial charge in [0.1, 0.15) is 0 Å². The van der Waals surface area contributed by atoms with E-state index < -0.39 is 0 Å². The number of amides is 1. The Morgan fingerprint density at radius 3 is 2.45 bits per heavy atom. The third kappa shape index (κ3) is 3.38. The third-order valence-corrected chi connectivity index (χ3v) is 3.98. The highest BCUT2D eigenvalue weighted by molar-refractivity contribution is 5.96. The molecule has 0 spiro atoms. The van der Waals surface area contributed by atoms with E-state index in [1.165, 1.54) is 5.56 Å². The average molecular weight is 275 g/mol. The predicted molar refractivity (Wildman–Crippen MR) is 83.1 cm³/mol. The molecule has 0 aliphatic carbocycles. The van der Waals surface area contributed by atoms with Crippen molar-refractivity contribution < 1.29 is 4.79 Å². The first-order chi connectivity index (χ1) is 9.63. The Morgan fingerprint density at radius 1 is 1.30 bits per heavy atom. The molecule has 2 rings (SSSR count). The molecule has 1 aromatic rings. The number of rotatable bonds is 4. The van der Waals surface area contributed by atoms with Crippen molar-refractivity contribution in [3.63, 3.8) is 0 Å². The molecule has 1 aromatic carbocycles. The van der Waals surface area contributed by atoms with Crippen LogP contribution in [-0.4, -0.2) is 49.6 Å². The van der Waals surface area contributed by atoms with E-state index in [9.17, 15) is 4.79 Å². The molecule has 1 aliphatic heterocycles. The van der Waals surface area contributed by atoms with Crippen molar-refractivity contribution in [2.45, 2.75) is 26.8 Å². The molecule has 0 aromatic heterocycles. The molecule has 0 radical (unpaired) electrons. The lowest BCUT2D eigenvalue weighted by Crippen LogP contribution is -2.53. The van der Waals surface area contributed by atoms with Gasteiger partial charge in [-0.1, -0.05) is 17.7 Å². The summed E-state index contributed by atoms with van der Waals surface area (Å²) in [5, 5.41) is 3.32. The normalized spacial score (nSPS) is 17.8. The van der Waals surface area contributed by atoms with E-state index in [4.69, 9.17) is 0 Å². The number of benzene rings is 1.